The molecule has 0 spiro atoms. The number of thiocarbonyl (C=S) groups is 1. The van der Waals surface area contributed by atoms with Gasteiger partial charge in [0.1, 0.15) is 0 Å². The van der Waals surface area contributed by atoms with Gasteiger partial charge in [0.25, 0.3) is 0 Å². The molecule has 0 aliphatic rings. The van der Waals surface area contributed by atoms with Crippen molar-refractivity contribution in [3.05, 3.63) is 25.6 Å². The molecule has 110 valence electrons. The lowest BCUT2D eigenvalue weighted by Gasteiger charge is -2.29. The molecule has 0 aliphatic heterocycles. The normalized spacial score (nSPS) is 11.2. The Morgan fingerprint density at radius 1 is 1.25 bits per heavy atom. The van der Waals surface area contributed by atoms with Crippen LogP contribution in [0.3, 0.4) is 0 Å². The lowest BCUT2D eigenvalue weighted by Crippen LogP contribution is -2.45. The molecule has 0 aromatic heterocycles. The minimum absolute atomic E-state index is 0.182. The van der Waals surface area contributed by atoms with Crippen LogP contribution in [-0.2, 0) is 4.79 Å². The van der Waals surface area contributed by atoms with Crippen molar-refractivity contribution in [2.45, 2.75) is 26.7 Å². The van der Waals surface area contributed by atoms with E-state index in [0.29, 0.717) is 18.5 Å². The van der Waals surface area contributed by atoms with Crippen molar-refractivity contribution in [3.63, 3.8) is 0 Å². The molecule has 0 atom stereocenters. The van der Waals surface area contributed by atoms with Crippen molar-refractivity contribution in [2.75, 3.05) is 5.32 Å². The third-order valence-corrected chi connectivity index (χ3v) is 5.46. The summed E-state index contributed by atoms with van der Waals surface area (Å²) in [7, 11) is 0. The molecule has 0 fully saturated rings. The predicted molar refractivity (Wildman–Crippen MR) is 98.0 cm³/mol. The van der Waals surface area contributed by atoms with Crippen LogP contribution in [0.1, 0.15) is 26.7 Å². The van der Waals surface area contributed by atoms with Gasteiger partial charge in [-0.25, -0.2) is 0 Å². The van der Waals surface area contributed by atoms with Crippen molar-refractivity contribution < 1.29 is 4.79 Å². The van der Waals surface area contributed by atoms with E-state index in [4.69, 9.17) is 18.0 Å². The first-order valence-electron chi connectivity index (χ1n) is 6.04. The van der Waals surface area contributed by atoms with E-state index in [-0.39, 0.29) is 10.9 Å². The molecule has 20 heavy (non-hydrogen) atoms. The predicted octanol–water partition coefficient (Wildman–Crippen LogP) is 5.01. The molecule has 3 nitrogen and oxygen atoms in total. The number of benzene rings is 1. The first-order chi connectivity index (χ1) is 9.28. The summed E-state index contributed by atoms with van der Waals surface area (Å²) in [5.74, 6) is -0.182. The number of carbonyl (C=O) groups excluding carboxylic acids is 1. The largest absolute Gasteiger partial charge is 0.392 e. The Bertz CT molecular complexity index is 521. The fourth-order valence-electron chi connectivity index (χ4n) is 1.93. The first kappa shape index (κ1) is 18.1. The molecule has 0 bridgehead atoms. The van der Waals surface area contributed by atoms with Gasteiger partial charge in [-0.15, -0.1) is 0 Å². The number of hydrogen-bond acceptors (Lipinski definition) is 2. The Morgan fingerprint density at radius 3 is 2.05 bits per heavy atom. The molecule has 0 heterocycles. The molecule has 0 saturated heterocycles. The quantitative estimate of drug-likeness (QED) is 0.575. The minimum Gasteiger partial charge on any atom is -0.392 e. The third kappa shape index (κ3) is 3.61. The highest BCUT2D eigenvalue weighted by Crippen LogP contribution is 2.36. The number of nitrogens with two attached hydrogens (primary N) is 1. The topological polar surface area (TPSA) is 55.1 Å². The zero-order chi connectivity index (χ0) is 15.5. The maximum atomic E-state index is 12.6. The van der Waals surface area contributed by atoms with Gasteiger partial charge in [0.15, 0.2) is 0 Å². The van der Waals surface area contributed by atoms with Crippen LogP contribution in [0.4, 0.5) is 5.69 Å². The van der Waals surface area contributed by atoms with Gasteiger partial charge in [-0.2, -0.15) is 0 Å². The van der Waals surface area contributed by atoms with E-state index in [0.717, 1.165) is 13.4 Å². The number of hydrogen-bond donors (Lipinski definition) is 2. The maximum absolute atomic E-state index is 12.6. The smallest absolute Gasteiger partial charge is 0.237 e. The van der Waals surface area contributed by atoms with E-state index < -0.39 is 5.41 Å². The highest BCUT2D eigenvalue weighted by molar-refractivity contribution is 9.11. The van der Waals surface area contributed by atoms with Crippen LogP contribution in [-0.4, -0.2) is 10.9 Å². The van der Waals surface area contributed by atoms with Gasteiger partial charge < -0.3 is 11.1 Å². The third-order valence-electron chi connectivity index (χ3n) is 3.36. The average Bonchev–Trinajstić information content (AvgIpc) is 2.35. The molecule has 0 unspecified atom stereocenters. The van der Waals surface area contributed by atoms with Crippen molar-refractivity contribution in [3.8, 4) is 0 Å². The Morgan fingerprint density at radius 2 is 1.70 bits per heavy atom. The second kappa shape index (κ2) is 7.33. The van der Waals surface area contributed by atoms with Crippen LogP contribution in [0.15, 0.2) is 25.6 Å². The Kier molecular flexibility index (Phi) is 6.63. The number of rotatable bonds is 5. The number of nitrogens with one attached hydrogen (secondary N) is 1. The molecule has 7 heteroatoms. The van der Waals surface area contributed by atoms with Gasteiger partial charge in [0.2, 0.25) is 5.91 Å². The first-order valence-corrected chi connectivity index (χ1v) is 8.83. The van der Waals surface area contributed by atoms with E-state index in [1.54, 1.807) is 0 Å². The second-order valence-corrected chi connectivity index (χ2v) is 7.42. The number of carbonyl (C=O) groups is 1. The summed E-state index contributed by atoms with van der Waals surface area (Å²) in [6.07, 6.45) is 1.13. The molecule has 1 amide bonds. The Labute approximate surface area is 149 Å². The van der Waals surface area contributed by atoms with Crippen LogP contribution in [0, 0.1) is 5.41 Å². The SMILES string of the molecule is CCC(CC)(C(=O)Nc1c(Br)cc(Br)cc1Br)C(N)=S. The van der Waals surface area contributed by atoms with E-state index in [2.05, 4.69) is 53.1 Å². The van der Waals surface area contributed by atoms with Crippen molar-refractivity contribution in [1.82, 2.24) is 0 Å². The fraction of sp³-hybridized carbons (Fsp3) is 0.385. The number of halogens is 3. The minimum atomic E-state index is -0.818. The summed E-state index contributed by atoms with van der Waals surface area (Å²) in [5.41, 5.74) is 5.64. The van der Waals surface area contributed by atoms with Crippen LogP contribution >= 0.6 is 60.0 Å². The molecular weight excluding hydrogens is 472 g/mol. The zero-order valence-electron chi connectivity index (χ0n) is 11.1. The van der Waals surface area contributed by atoms with E-state index >= 15 is 0 Å². The zero-order valence-corrected chi connectivity index (χ0v) is 16.7. The van der Waals surface area contributed by atoms with Gasteiger partial charge in [0.05, 0.1) is 16.1 Å². The second-order valence-electron chi connectivity index (χ2n) is 4.35. The molecule has 1 rings (SSSR count). The van der Waals surface area contributed by atoms with Crippen LogP contribution in [0.2, 0.25) is 0 Å². The molecule has 0 saturated carbocycles. The molecule has 0 radical (unpaired) electrons. The summed E-state index contributed by atoms with van der Waals surface area (Å²) in [6, 6.07) is 3.72. The Balaban J connectivity index is 3.16. The summed E-state index contributed by atoms with van der Waals surface area (Å²) in [6.45, 7) is 3.82. The summed E-state index contributed by atoms with van der Waals surface area (Å²) in [5, 5.41) is 2.91. The summed E-state index contributed by atoms with van der Waals surface area (Å²) in [4.78, 5) is 12.8. The van der Waals surface area contributed by atoms with Crippen LogP contribution in [0.25, 0.3) is 0 Å². The lowest BCUT2D eigenvalue weighted by atomic mass is 9.81. The molecule has 3 N–H and O–H groups in total. The highest BCUT2D eigenvalue weighted by Gasteiger charge is 2.38. The van der Waals surface area contributed by atoms with Gasteiger partial charge in [-0.05, 0) is 56.8 Å². The van der Waals surface area contributed by atoms with Crippen molar-refractivity contribution in [1.29, 1.82) is 0 Å². The fourth-order valence-corrected chi connectivity index (χ4v) is 4.76. The number of amides is 1. The van der Waals surface area contributed by atoms with E-state index in [1.807, 2.05) is 26.0 Å². The maximum Gasteiger partial charge on any atom is 0.237 e. The van der Waals surface area contributed by atoms with Gasteiger partial charge in [-0.1, -0.05) is 42.0 Å². The van der Waals surface area contributed by atoms with E-state index in [9.17, 15) is 4.79 Å². The van der Waals surface area contributed by atoms with Crippen molar-refractivity contribution in [2.24, 2.45) is 11.1 Å². The molecular formula is C13H15Br3N2OS. The molecule has 0 aliphatic carbocycles. The van der Waals surface area contributed by atoms with Crippen LogP contribution in [0.5, 0.6) is 0 Å². The number of anilines is 1. The summed E-state index contributed by atoms with van der Waals surface area (Å²) < 4.78 is 2.45. The highest BCUT2D eigenvalue weighted by atomic mass is 79.9. The molecule has 1 aromatic carbocycles. The summed E-state index contributed by atoms with van der Waals surface area (Å²) >= 11 is 15.4. The standard InChI is InChI=1S/C13H15Br3N2OS/c1-3-13(4-2,11(17)20)12(19)18-10-8(15)5-7(14)6-9(10)16/h5-6H,3-4H2,1-2H3,(H2,17,20)(H,18,19). The van der Waals surface area contributed by atoms with Gasteiger partial charge >= 0.3 is 0 Å². The van der Waals surface area contributed by atoms with Gasteiger partial charge in [0, 0.05) is 13.4 Å². The van der Waals surface area contributed by atoms with Crippen molar-refractivity contribution >= 4 is 76.6 Å². The van der Waals surface area contributed by atoms with Crippen LogP contribution < -0.4 is 11.1 Å². The monoisotopic (exact) mass is 484 g/mol. The van der Waals surface area contributed by atoms with E-state index in [1.165, 1.54) is 0 Å². The lowest BCUT2D eigenvalue weighted by molar-refractivity contribution is -0.122. The average molecular weight is 487 g/mol. The molecule has 1 aromatic rings. The van der Waals surface area contributed by atoms with Gasteiger partial charge in [-0.3, -0.25) is 4.79 Å². The Hall–Kier alpha value is 0.0200.